The largest absolute Gasteiger partial charge is 0.468 e. The van der Waals surface area contributed by atoms with Gasteiger partial charge in [-0.1, -0.05) is 13.8 Å². The second-order valence-corrected chi connectivity index (χ2v) is 5.55. The first-order valence-electron chi connectivity index (χ1n) is 6.02. The highest BCUT2D eigenvalue weighted by atomic mass is 16.3. The second kappa shape index (κ2) is 3.11. The van der Waals surface area contributed by atoms with Crippen molar-refractivity contribution in [1.82, 2.24) is 5.32 Å². The lowest BCUT2D eigenvalue weighted by Crippen LogP contribution is -2.37. The van der Waals surface area contributed by atoms with Crippen molar-refractivity contribution in [2.24, 2.45) is 5.92 Å². The van der Waals surface area contributed by atoms with Crippen molar-refractivity contribution in [3.8, 4) is 0 Å². The first-order chi connectivity index (χ1) is 7.21. The highest BCUT2D eigenvalue weighted by Gasteiger charge is 2.51. The molecular weight excluding hydrogens is 186 g/mol. The van der Waals surface area contributed by atoms with Gasteiger partial charge in [-0.3, -0.25) is 0 Å². The molecule has 1 fully saturated rings. The summed E-state index contributed by atoms with van der Waals surface area (Å²) < 4.78 is 5.71. The maximum Gasteiger partial charge on any atom is 0.115 e. The van der Waals surface area contributed by atoms with Crippen molar-refractivity contribution in [1.29, 1.82) is 0 Å². The summed E-state index contributed by atoms with van der Waals surface area (Å²) >= 11 is 0. The molecule has 2 aliphatic rings. The molecular formula is C13H19NO. The summed E-state index contributed by atoms with van der Waals surface area (Å²) in [6, 6.07) is 2.68. The Morgan fingerprint density at radius 3 is 3.00 bits per heavy atom. The van der Waals surface area contributed by atoms with E-state index in [0.717, 1.165) is 12.5 Å². The van der Waals surface area contributed by atoms with Crippen molar-refractivity contribution >= 4 is 0 Å². The molecule has 1 spiro atoms. The molecule has 3 rings (SSSR count). The van der Waals surface area contributed by atoms with E-state index in [9.17, 15) is 0 Å². The summed E-state index contributed by atoms with van der Waals surface area (Å²) in [4.78, 5) is 0. The summed E-state index contributed by atoms with van der Waals surface area (Å²) in [5.74, 6) is 2.02. The van der Waals surface area contributed by atoms with E-state index in [1.165, 1.54) is 30.6 Å². The predicted octanol–water partition coefficient (Wildman–Crippen LogP) is 3.00. The van der Waals surface area contributed by atoms with Gasteiger partial charge in [0.1, 0.15) is 5.76 Å². The quantitative estimate of drug-likeness (QED) is 0.803. The molecule has 15 heavy (non-hydrogen) atoms. The molecule has 82 valence electrons. The number of hydrogen-bond donors (Lipinski definition) is 1. The fraction of sp³-hybridized carbons (Fsp3) is 0.692. The molecule has 1 aromatic heterocycles. The van der Waals surface area contributed by atoms with E-state index < -0.39 is 0 Å². The van der Waals surface area contributed by atoms with Crippen LogP contribution in [0.2, 0.25) is 0 Å². The maximum atomic E-state index is 5.71. The minimum atomic E-state index is 0.381. The Morgan fingerprint density at radius 2 is 2.33 bits per heavy atom. The highest BCUT2D eigenvalue weighted by molar-refractivity contribution is 5.36. The zero-order chi connectivity index (χ0) is 10.5. The van der Waals surface area contributed by atoms with E-state index in [-0.39, 0.29) is 0 Å². The van der Waals surface area contributed by atoms with Gasteiger partial charge in [-0.05, 0) is 31.2 Å². The Labute approximate surface area is 91.0 Å². The van der Waals surface area contributed by atoms with Crippen LogP contribution >= 0.6 is 0 Å². The summed E-state index contributed by atoms with van der Waals surface area (Å²) in [5, 5.41) is 3.69. The summed E-state index contributed by atoms with van der Waals surface area (Å²) in [6.45, 7) is 5.68. The summed E-state index contributed by atoms with van der Waals surface area (Å²) in [5.41, 5.74) is 1.80. The average Bonchev–Trinajstić information content (AvgIpc) is 2.77. The zero-order valence-corrected chi connectivity index (χ0v) is 9.55. The van der Waals surface area contributed by atoms with Crippen LogP contribution in [0.15, 0.2) is 16.7 Å². The number of nitrogens with one attached hydrogen (secondary N) is 1. The highest BCUT2D eigenvalue weighted by Crippen LogP contribution is 2.53. The van der Waals surface area contributed by atoms with E-state index in [4.69, 9.17) is 4.42 Å². The number of hydrogen-bond acceptors (Lipinski definition) is 2. The van der Waals surface area contributed by atoms with Crippen LogP contribution in [0, 0.1) is 5.92 Å². The van der Waals surface area contributed by atoms with E-state index in [1.54, 1.807) is 0 Å². The Bertz CT molecular complexity index is 362. The van der Waals surface area contributed by atoms with Crippen molar-refractivity contribution < 1.29 is 4.42 Å². The van der Waals surface area contributed by atoms with Crippen LogP contribution < -0.4 is 5.32 Å². The van der Waals surface area contributed by atoms with Crippen LogP contribution in [0.1, 0.15) is 50.5 Å². The number of rotatable bonds is 2. The van der Waals surface area contributed by atoms with Gasteiger partial charge >= 0.3 is 0 Å². The molecule has 0 saturated heterocycles. The van der Waals surface area contributed by atoms with Gasteiger partial charge in [0.15, 0.2) is 0 Å². The van der Waals surface area contributed by atoms with Gasteiger partial charge in [0, 0.05) is 23.6 Å². The number of furan rings is 1. The standard InChI is InChI=1S/C13H19NO/c1-9(2)7-11-10-3-6-15-12(10)13(4-5-13)8-14-11/h3,6,9,11,14H,4-5,7-8H2,1-2H3. The molecule has 1 unspecified atom stereocenters. The fourth-order valence-electron chi connectivity index (χ4n) is 2.77. The van der Waals surface area contributed by atoms with Gasteiger partial charge in [-0.2, -0.15) is 0 Å². The molecule has 0 radical (unpaired) electrons. The maximum absolute atomic E-state index is 5.71. The van der Waals surface area contributed by atoms with E-state index in [1.807, 2.05) is 6.26 Å². The average molecular weight is 205 g/mol. The van der Waals surface area contributed by atoms with Crippen LogP contribution in [0.4, 0.5) is 0 Å². The van der Waals surface area contributed by atoms with Crippen molar-refractivity contribution in [3.05, 3.63) is 23.7 Å². The Kier molecular flexibility index (Phi) is 1.96. The molecule has 0 aromatic carbocycles. The lowest BCUT2D eigenvalue weighted by atomic mass is 9.87. The monoisotopic (exact) mass is 205 g/mol. The zero-order valence-electron chi connectivity index (χ0n) is 9.55. The van der Waals surface area contributed by atoms with Crippen molar-refractivity contribution in [2.75, 3.05) is 6.54 Å². The van der Waals surface area contributed by atoms with Gasteiger partial charge in [-0.25, -0.2) is 0 Å². The normalized spacial score (nSPS) is 27.0. The molecule has 1 saturated carbocycles. The van der Waals surface area contributed by atoms with Crippen LogP contribution in [0.3, 0.4) is 0 Å². The van der Waals surface area contributed by atoms with Gasteiger partial charge in [-0.15, -0.1) is 0 Å². The van der Waals surface area contributed by atoms with Crippen LogP contribution in [0.5, 0.6) is 0 Å². The molecule has 1 aliphatic heterocycles. The SMILES string of the molecule is CC(C)CC1NCC2(CC2)c2occc21. The third kappa shape index (κ3) is 1.43. The predicted molar refractivity (Wildman–Crippen MR) is 59.8 cm³/mol. The minimum Gasteiger partial charge on any atom is -0.468 e. The van der Waals surface area contributed by atoms with Gasteiger partial charge in [0.05, 0.1) is 6.26 Å². The first-order valence-corrected chi connectivity index (χ1v) is 6.02. The minimum absolute atomic E-state index is 0.381. The topological polar surface area (TPSA) is 25.2 Å². The molecule has 1 N–H and O–H groups in total. The first kappa shape index (κ1) is 9.46. The number of fused-ring (bicyclic) bond motifs is 2. The van der Waals surface area contributed by atoms with Crippen LogP contribution in [0.25, 0.3) is 0 Å². The molecule has 0 bridgehead atoms. The molecule has 1 atom stereocenters. The third-order valence-electron chi connectivity index (χ3n) is 3.80. The van der Waals surface area contributed by atoms with Crippen LogP contribution in [-0.4, -0.2) is 6.54 Å². The van der Waals surface area contributed by atoms with Gasteiger partial charge in [0.25, 0.3) is 0 Å². The van der Waals surface area contributed by atoms with E-state index >= 15 is 0 Å². The smallest absolute Gasteiger partial charge is 0.115 e. The molecule has 1 aliphatic carbocycles. The lowest BCUT2D eigenvalue weighted by molar-refractivity contribution is 0.339. The molecule has 1 aromatic rings. The summed E-state index contributed by atoms with van der Waals surface area (Å²) in [7, 11) is 0. The van der Waals surface area contributed by atoms with Gasteiger partial charge < -0.3 is 9.73 Å². The third-order valence-corrected chi connectivity index (χ3v) is 3.80. The Hall–Kier alpha value is -0.760. The Balaban J connectivity index is 1.91. The van der Waals surface area contributed by atoms with Crippen LogP contribution in [-0.2, 0) is 5.41 Å². The molecule has 2 heteroatoms. The van der Waals surface area contributed by atoms with Crippen molar-refractivity contribution in [2.45, 2.75) is 44.6 Å². The molecule has 2 heterocycles. The lowest BCUT2D eigenvalue weighted by Gasteiger charge is -2.30. The van der Waals surface area contributed by atoms with Crippen molar-refractivity contribution in [3.63, 3.8) is 0 Å². The van der Waals surface area contributed by atoms with E-state index in [2.05, 4.69) is 25.2 Å². The Morgan fingerprint density at radius 1 is 1.53 bits per heavy atom. The fourth-order valence-corrected chi connectivity index (χ4v) is 2.77. The second-order valence-electron chi connectivity index (χ2n) is 5.55. The van der Waals surface area contributed by atoms with Gasteiger partial charge in [0.2, 0.25) is 0 Å². The molecule has 2 nitrogen and oxygen atoms in total. The molecule has 0 amide bonds. The summed E-state index contributed by atoms with van der Waals surface area (Å²) in [6.07, 6.45) is 5.68. The van der Waals surface area contributed by atoms with E-state index in [0.29, 0.717) is 11.5 Å².